The Balaban J connectivity index is 2.86. The topological polar surface area (TPSA) is 34.1 Å². The van der Waals surface area contributed by atoms with Crippen molar-refractivity contribution in [3.8, 4) is 0 Å². The van der Waals surface area contributed by atoms with Crippen molar-refractivity contribution >= 4 is 5.71 Å². The molecule has 0 heterocycles. The number of hydrogen-bond donors (Lipinski definition) is 0. The summed E-state index contributed by atoms with van der Waals surface area (Å²) in [6, 6.07) is 10.5. The van der Waals surface area contributed by atoms with Crippen molar-refractivity contribution in [3.05, 3.63) is 35.9 Å². The zero-order valence-corrected chi connectivity index (χ0v) is 13.0. The molecule has 1 aromatic carbocycles. The Labute approximate surface area is 122 Å². The summed E-state index contributed by atoms with van der Waals surface area (Å²) in [6.45, 7) is 6.28. The molecule has 0 saturated heterocycles. The Bertz CT molecular complexity index is 393. The van der Waals surface area contributed by atoms with Crippen LogP contribution >= 0.6 is 0 Å². The van der Waals surface area contributed by atoms with Gasteiger partial charge in [0.05, 0.1) is 31.5 Å². The van der Waals surface area contributed by atoms with Crippen molar-refractivity contribution in [3.63, 3.8) is 0 Å². The lowest BCUT2D eigenvalue weighted by Gasteiger charge is -2.28. The lowest BCUT2D eigenvalue weighted by molar-refractivity contribution is 0.0675. The molecule has 1 rings (SSSR count). The average molecular weight is 278 g/mol. The monoisotopic (exact) mass is 278 g/mol. The highest BCUT2D eigenvalue weighted by molar-refractivity contribution is 5.98. The molecule has 4 heteroatoms. The van der Waals surface area contributed by atoms with Gasteiger partial charge in [0.25, 0.3) is 0 Å². The van der Waals surface area contributed by atoms with Gasteiger partial charge in [-0.25, -0.2) is 0 Å². The van der Waals surface area contributed by atoms with Crippen molar-refractivity contribution in [2.24, 2.45) is 5.10 Å². The Hall–Kier alpha value is -1.39. The van der Waals surface area contributed by atoms with E-state index in [1.165, 1.54) is 0 Å². The first-order valence-corrected chi connectivity index (χ1v) is 7.08. The summed E-state index contributed by atoms with van der Waals surface area (Å²) in [6.07, 6.45) is 0.989. The second kappa shape index (κ2) is 9.50. The average Bonchev–Trinajstić information content (AvgIpc) is 2.50. The fraction of sp³-hybridized carbons (Fsp3) is 0.562. The van der Waals surface area contributed by atoms with Gasteiger partial charge < -0.3 is 9.47 Å². The zero-order chi connectivity index (χ0) is 14.8. The van der Waals surface area contributed by atoms with Crippen LogP contribution in [0.5, 0.6) is 0 Å². The van der Waals surface area contributed by atoms with E-state index in [1.54, 1.807) is 14.2 Å². The number of methoxy groups -OCH3 is 2. The number of hydrogen-bond acceptors (Lipinski definition) is 4. The van der Waals surface area contributed by atoms with Gasteiger partial charge in [0.15, 0.2) is 0 Å². The summed E-state index contributed by atoms with van der Waals surface area (Å²) in [5, 5.41) is 6.84. The van der Waals surface area contributed by atoms with Crippen LogP contribution in [0.15, 0.2) is 35.4 Å². The maximum atomic E-state index is 5.29. The first kappa shape index (κ1) is 16.7. The molecule has 4 nitrogen and oxygen atoms in total. The SMILES string of the molecule is CC[C@H](COC)N(CCOC)/N=C(\C)c1ccccc1. The van der Waals surface area contributed by atoms with Crippen molar-refractivity contribution in [1.82, 2.24) is 5.01 Å². The minimum absolute atomic E-state index is 0.272. The van der Waals surface area contributed by atoms with E-state index < -0.39 is 0 Å². The van der Waals surface area contributed by atoms with Crippen LogP contribution < -0.4 is 0 Å². The smallest absolute Gasteiger partial charge is 0.0702 e. The maximum Gasteiger partial charge on any atom is 0.0702 e. The summed E-state index contributed by atoms with van der Waals surface area (Å²) in [4.78, 5) is 0. The van der Waals surface area contributed by atoms with E-state index in [0.29, 0.717) is 13.2 Å². The Morgan fingerprint density at radius 3 is 2.45 bits per heavy atom. The van der Waals surface area contributed by atoms with Crippen LogP contribution in [0.3, 0.4) is 0 Å². The molecule has 0 fully saturated rings. The Morgan fingerprint density at radius 1 is 1.20 bits per heavy atom. The summed E-state index contributed by atoms with van der Waals surface area (Å²) in [5.41, 5.74) is 2.15. The zero-order valence-electron chi connectivity index (χ0n) is 13.0. The van der Waals surface area contributed by atoms with E-state index in [1.807, 2.05) is 25.1 Å². The van der Waals surface area contributed by atoms with Crippen molar-refractivity contribution in [2.45, 2.75) is 26.3 Å². The predicted octanol–water partition coefficient (Wildman–Crippen LogP) is 2.78. The molecule has 0 aromatic heterocycles. The van der Waals surface area contributed by atoms with Gasteiger partial charge >= 0.3 is 0 Å². The quantitative estimate of drug-likeness (QED) is 0.514. The van der Waals surface area contributed by atoms with Crippen LogP contribution in [-0.2, 0) is 9.47 Å². The second-order valence-corrected chi connectivity index (χ2v) is 4.72. The summed E-state index contributed by atoms with van der Waals surface area (Å²) in [7, 11) is 3.44. The van der Waals surface area contributed by atoms with Crippen LogP contribution in [0, 0.1) is 0 Å². The number of hydrazone groups is 1. The van der Waals surface area contributed by atoms with Crippen molar-refractivity contribution < 1.29 is 9.47 Å². The van der Waals surface area contributed by atoms with Crippen LogP contribution in [0.25, 0.3) is 0 Å². The van der Waals surface area contributed by atoms with E-state index in [9.17, 15) is 0 Å². The molecule has 0 bridgehead atoms. The summed E-state index contributed by atoms with van der Waals surface area (Å²) in [5.74, 6) is 0. The lowest BCUT2D eigenvalue weighted by Crippen LogP contribution is -2.37. The third kappa shape index (κ3) is 5.31. The van der Waals surface area contributed by atoms with E-state index in [0.717, 1.165) is 24.2 Å². The van der Waals surface area contributed by atoms with Gasteiger partial charge in [-0.3, -0.25) is 5.01 Å². The molecular formula is C16H26N2O2. The van der Waals surface area contributed by atoms with E-state index in [-0.39, 0.29) is 6.04 Å². The summed E-state index contributed by atoms with van der Waals surface area (Å²) >= 11 is 0. The molecule has 0 N–H and O–H groups in total. The van der Waals surface area contributed by atoms with Crippen LogP contribution in [0.4, 0.5) is 0 Å². The third-order valence-corrected chi connectivity index (χ3v) is 3.25. The van der Waals surface area contributed by atoms with Gasteiger partial charge in [0.2, 0.25) is 0 Å². The van der Waals surface area contributed by atoms with Gasteiger partial charge in [-0.05, 0) is 18.9 Å². The van der Waals surface area contributed by atoms with E-state index in [2.05, 4.69) is 24.1 Å². The van der Waals surface area contributed by atoms with Gasteiger partial charge in [-0.1, -0.05) is 37.3 Å². The molecule has 112 valence electrons. The molecule has 1 atom stereocenters. The highest BCUT2D eigenvalue weighted by Crippen LogP contribution is 2.09. The van der Waals surface area contributed by atoms with Crippen molar-refractivity contribution in [2.75, 3.05) is 34.0 Å². The Kier molecular flexibility index (Phi) is 7.92. The van der Waals surface area contributed by atoms with Crippen LogP contribution in [-0.4, -0.2) is 50.7 Å². The van der Waals surface area contributed by atoms with Gasteiger partial charge in [-0.15, -0.1) is 0 Å². The number of nitrogens with zero attached hydrogens (tertiary/aromatic N) is 2. The number of benzene rings is 1. The maximum absolute atomic E-state index is 5.29. The van der Waals surface area contributed by atoms with Gasteiger partial charge in [0.1, 0.15) is 0 Å². The molecular weight excluding hydrogens is 252 g/mol. The van der Waals surface area contributed by atoms with Gasteiger partial charge in [-0.2, -0.15) is 5.10 Å². The molecule has 1 aromatic rings. The minimum Gasteiger partial charge on any atom is -0.383 e. The predicted molar refractivity (Wildman–Crippen MR) is 83.2 cm³/mol. The van der Waals surface area contributed by atoms with Crippen molar-refractivity contribution in [1.29, 1.82) is 0 Å². The lowest BCUT2D eigenvalue weighted by atomic mass is 10.1. The highest BCUT2D eigenvalue weighted by Gasteiger charge is 2.15. The highest BCUT2D eigenvalue weighted by atomic mass is 16.5. The van der Waals surface area contributed by atoms with Crippen LogP contribution in [0.1, 0.15) is 25.8 Å². The van der Waals surface area contributed by atoms with Gasteiger partial charge in [0, 0.05) is 14.2 Å². The molecule has 0 radical (unpaired) electrons. The molecule has 20 heavy (non-hydrogen) atoms. The fourth-order valence-corrected chi connectivity index (χ4v) is 2.04. The van der Waals surface area contributed by atoms with Crippen LogP contribution in [0.2, 0.25) is 0 Å². The summed E-state index contributed by atoms with van der Waals surface area (Å²) < 4.78 is 10.5. The second-order valence-electron chi connectivity index (χ2n) is 4.72. The molecule has 0 aliphatic carbocycles. The molecule has 0 amide bonds. The molecule has 0 unspecified atom stereocenters. The molecule has 0 saturated carbocycles. The van der Waals surface area contributed by atoms with E-state index >= 15 is 0 Å². The van der Waals surface area contributed by atoms with E-state index in [4.69, 9.17) is 14.6 Å². The largest absolute Gasteiger partial charge is 0.383 e. The fourth-order valence-electron chi connectivity index (χ4n) is 2.04. The third-order valence-electron chi connectivity index (χ3n) is 3.25. The Morgan fingerprint density at radius 2 is 1.90 bits per heavy atom. The number of ether oxygens (including phenoxy) is 2. The molecule has 0 aliphatic rings. The first-order valence-electron chi connectivity index (χ1n) is 7.08. The minimum atomic E-state index is 0.272. The molecule has 0 spiro atoms. The molecule has 0 aliphatic heterocycles. The first-order chi connectivity index (χ1) is 9.72. The normalized spacial score (nSPS) is 13.3. The number of rotatable bonds is 9. The standard InChI is InChI=1S/C16H26N2O2/c1-5-16(13-20-4)18(11-12-19-3)17-14(2)15-9-7-6-8-10-15/h6-10,16H,5,11-13H2,1-4H3/b17-14+/t16-/m1/s1.